The molecule has 0 fully saturated rings. The molecule has 0 bridgehead atoms. The molecule has 0 aromatic carbocycles. The highest BCUT2D eigenvalue weighted by Gasteiger charge is 1.97. The molecule has 0 heterocycles. The third-order valence-corrected chi connectivity index (χ3v) is 0.573. The Labute approximate surface area is 47.5 Å². The molecule has 8 heavy (non-hydrogen) atoms. The fraction of sp³-hybridized carbons (Fsp3) is 0. The van der Waals surface area contributed by atoms with Gasteiger partial charge in [-0.05, 0) is 6.08 Å². The molecule has 0 spiro atoms. The quantitative estimate of drug-likeness (QED) is 0.322. The molecule has 0 aliphatic heterocycles. The van der Waals surface area contributed by atoms with Crippen molar-refractivity contribution in [3.8, 4) is 0 Å². The Balaban J connectivity index is 3.80. The van der Waals surface area contributed by atoms with Gasteiger partial charge in [-0.2, -0.15) is 5.06 Å². The molecular formula is C5H7NO2. The minimum atomic E-state index is -0.583. The van der Waals surface area contributed by atoms with Crippen molar-refractivity contribution in [1.82, 2.24) is 5.06 Å². The zero-order valence-corrected chi connectivity index (χ0v) is 4.37. The fourth-order valence-corrected chi connectivity index (χ4v) is 0.184. The van der Waals surface area contributed by atoms with Crippen LogP contribution in [0.1, 0.15) is 0 Å². The van der Waals surface area contributed by atoms with Gasteiger partial charge in [-0.15, -0.1) is 0 Å². The summed E-state index contributed by atoms with van der Waals surface area (Å²) in [5, 5.41) is 8.78. The average molecular weight is 113 g/mol. The first-order valence-electron chi connectivity index (χ1n) is 1.99. The molecule has 0 aromatic heterocycles. The molecule has 0 atom stereocenters. The van der Waals surface area contributed by atoms with Crippen LogP contribution in [-0.2, 0) is 4.79 Å². The number of hydrogen-bond acceptors (Lipinski definition) is 2. The van der Waals surface area contributed by atoms with Crippen molar-refractivity contribution in [3.63, 3.8) is 0 Å². The molecule has 1 N–H and O–H groups in total. The largest absolute Gasteiger partial charge is 0.281 e. The van der Waals surface area contributed by atoms with Gasteiger partial charge >= 0.3 is 0 Å². The molecule has 44 valence electrons. The Kier molecular flexibility index (Phi) is 2.58. The minimum Gasteiger partial charge on any atom is -0.281 e. The fourth-order valence-electron chi connectivity index (χ4n) is 0.184. The van der Waals surface area contributed by atoms with Crippen LogP contribution in [0.25, 0.3) is 0 Å². The third-order valence-electron chi connectivity index (χ3n) is 0.573. The van der Waals surface area contributed by atoms with Crippen LogP contribution in [0.4, 0.5) is 0 Å². The molecule has 0 unspecified atom stereocenters. The van der Waals surface area contributed by atoms with Gasteiger partial charge in [0.15, 0.2) is 0 Å². The van der Waals surface area contributed by atoms with E-state index in [0.717, 1.165) is 12.3 Å². The Hall–Kier alpha value is -1.09. The van der Waals surface area contributed by atoms with Crippen molar-refractivity contribution in [2.75, 3.05) is 0 Å². The SMILES string of the molecule is C=CC(=O)N(O)C=C. The van der Waals surface area contributed by atoms with Crippen molar-refractivity contribution >= 4 is 5.91 Å². The van der Waals surface area contributed by atoms with Crippen LogP contribution in [0.15, 0.2) is 25.4 Å². The molecule has 3 nitrogen and oxygen atoms in total. The predicted molar refractivity (Wildman–Crippen MR) is 29.0 cm³/mol. The maximum absolute atomic E-state index is 10.2. The van der Waals surface area contributed by atoms with Crippen LogP contribution in [-0.4, -0.2) is 16.2 Å². The molecule has 0 aromatic rings. The van der Waals surface area contributed by atoms with Gasteiger partial charge in [0.25, 0.3) is 5.91 Å². The second kappa shape index (κ2) is 2.98. The summed E-state index contributed by atoms with van der Waals surface area (Å²) in [6.45, 7) is 6.27. The summed E-state index contributed by atoms with van der Waals surface area (Å²) in [5.74, 6) is -0.583. The highest BCUT2D eigenvalue weighted by Crippen LogP contribution is 1.81. The van der Waals surface area contributed by atoms with Crippen LogP contribution in [0.3, 0.4) is 0 Å². The Morgan fingerprint density at radius 2 is 2.12 bits per heavy atom. The van der Waals surface area contributed by atoms with Gasteiger partial charge in [-0.3, -0.25) is 10.0 Å². The van der Waals surface area contributed by atoms with Gasteiger partial charge in [0.1, 0.15) is 0 Å². The first-order valence-corrected chi connectivity index (χ1v) is 1.99. The topological polar surface area (TPSA) is 40.5 Å². The van der Waals surface area contributed by atoms with E-state index < -0.39 is 5.91 Å². The van der Waals surface area contributed by atoms with Crippen LogP contribution in [0, 0.1) is 0 Å². The maximum atomic E-state index is 10.2. The van der Waals surface area contributed by atoms with E-state index in [1.165, 1.54) is 0 Å². The van der Waals surface area contributed by atoms with Crippen LogP contribution in [0.2, 0.25) is 0 Å². The average Bonchev–Trinajstić information content (AvgIpc) is 1.84. The van der Waals surface area contributed by atoms with E-state index in [9.17, 15) is 4.79 Å². The number of amides is 1. The van der Waals surface area contributed by atoms with Crippen LogP contribution in [0.5, 0.6) is 0 Å². The summed E-state index contributed by atoms with van der Waals surface area (Å²) in [4.78, 5) is 10.2. The predicted octanol–water partition coefficient (Wildman–Crippen LogP) is 0.534. The van der Waals surface area contributed by atoms with Gasteiger partial charge in [0.05, 0.1) is 0 Å². The summed E-state index contributed by atoms with van der Waals surface area (Å²) < 4.78 is 0. The van der Waals surface area contributed by atoms with Gasteiger partial charge in [0, 0.05) is 6.20 Å². The zero-order chi connectivity index (χ0) is 6.57. The van der Waals surface area contributed by atoms with Gasteiger partial charge < -0.3 is 0 Å². The van der Waals surface area contributed by atoms with E-state index in [1.807, 2.05) is 0 Å². The Morgan fingerprint density at radius 3 is 2.25 bits per heavy atom. The Bertz CT molecular complexity index is 120. The first kappa shape index (κ1) is 6.91. The van der Waals surface area contributed by atoms with E-state index in [2.05, 4.69) is 13.2 Å². The normalized spacial score (nSPS) is 7.62. The number of carbonyl (C=O) groups is 1. The number of hydroxylamine groups is 2. The monoisotopic (exact) mass is 113 g/mol. The van der Waals surface area contributed by atoms with E-state index >= 15 is 0 Å². The molecule has 0 radical (unpaired) electrons. The highest BCUT2D eigenvalue weighted by atomic mass is 16.5. The number of nitrogens with zero attached hydrogens (tertiary/aromatic N) is 1. The molecular weight excluding hydrogens is 106 g/mol. The van der Waals surface area contributed by atoms with E-state index in [0.29, 0.717) is 5.06 Å². The van der Waals surface area contributed by atoms with E-state index in [1.54, 1.807) is 0 Å². The number of hydrogen-bond donors (Lipinski definition) is 1. The molecule has 0 aliphatic carbocycles. The van der Waals surface area contributed by atoms with Crippen LogP contribution >= 0.6 is 0 Å². The molecule has 0 saturated heterocycles. The van der Waals surface area contributed by atoms with Gasteiger partial charge in [0.2, 0.25) is 0 Å². The molecule has 3 heteroatoms. The number of rotatable bonds is 2. The molecule has 0 saturated carbocycles. The molecule has 1 amide bonds. The van der Waals surface area contributed by atoms with E-state index in [4.69, 9.17) is 5.21 Å². The lowest BCUT2D eigenvalue weighted by Crippen LogP contribution is -2.17. The summed E-state index contributed by atoms with van der Waals surface area (Å²) >= 11 is 0. The second-order valence-electron chi connectivity index (χ2n) is 1.07. The van der Waals surface area contributed by atoms with Gasteiger partial charge in [-0.1, -0.05) is 13.2 Å². The lowest BCUT2D eigenvalue weighted by molar-refractivity contribution is -0.148. The summed E-state index contributed by atoms with van der Waals surface area (Å²) in [5.41, 5.74) is 0. The van der Waals surface area contributed by atoms with Gasteiger partial charge in [-0.25, -0.2) is 0 Å². The van der Waals surface area contributed by atoms with E-state index in [-0.39, 0.29) is 0 Å². The van der Waals surface area contributed by atoms with Crippen molar-refractivity contribution in [1.29, 1.82) is 0 Å². The maximum Gasteiger partial charge on any atom is 0.273 e. The first-order chi connectivity index (χ1) is 3.72. The smallest absolute Gasteiger partial charge is 0.273 e. The number of carbonyl (C=O) groups excluding carboxylic acids is 1. The zero-order valence-electron chi connectivity index (χ0n) is 4.37. The van der Waals surface area contributed by atoms with Crippen molar-refractivity contribution in [2.24, 2.45) is 0 Å². The summed E-state index contributed by atoms with van der Waals surface area (Å²) in [7, 11) is 0. The highest BCUT2D eigenvalue weighted by molar-refractivity contribution is 5.86. The molecule has 0 aliphatic rings. The van der Waals surface area contributed by atoms with Crippen molar-refractivity contribution in [2.45, 2.75) is 0 Å². The lowest BCUT2D eigenvalue weighted by Gasteiger charge is -2.02. The van der Waals surface area contributed by atoms with Crippen molar-refractivity contribution < 1.29 is 10.0 Å². The molecule has 0 rings (SSSR count). The summed E-state index contributed by atoms with van der Waals surface area (Å²) in [6.07, 6.45) is 1.98. The Morgan fingerprint density at radius 1 is 1.62 bits per heavy atom. The second-order valence-corrected chi connectivity index (χ2v) is 1.07. The van der Waals surface area contributed by atoms with Crippen molar-refractivity contribution in [3.05, 3.63) is 25.4 Å². The lowest BCUT2D eigenvalue weighted by atomic mass is 10.6. The third kappa shape index (κ3) is 1.57. The standard InChI is InChI=1S/C5H7NO2/c1-3-5(7)6(8)4-2/h3-4,8H,1-2H2. The minimum absolute atomic E-state index is 0.354. The summed E-state index contributed by atoms with van der Waals surface area (Å²) in [6, 6.07) is 0. The van der Waals surface area contributed by atoms with Crippen LogP contribution < -0.4 is 0 Å².